The summed E-state index contributed by atoms with van der Waals surface area (Å²) in [6.45, 7) is 1.40. The maximum absolute atomic E-state index is 12.6. The van der Waals surface area contributed by atoms with E-state index in [9.17, 15) is 33.5 Å². The van der Waals surface area contributed by atoms with Crippen LogP contribution >= 0.6 is 15.6 Å². The van der Waals surface area contributed by atoms with Crippen LogP contribution in [0.15, 0.2) is 72.9 Å². The lowest BCUT2D eigenvalue weighted by Crippen LogP contribution is -2.30. The average molecular weight is 889 g/mol. The summed E-state index contributed by atoms with van der Waals surface area (Å²) in [5, 5.41) is 9.74. The van der Waals surface area contributed by atoms with Gasteiger partial charge in [-0.1, -0.05) is 126 Å². The molecule has 14 nitrogen and oxygen atoms in total. The summed E-state index contributed by atoms with van der Waals surface area (Å²) in [4.78, 5) is 64.4. The molecule has 60 heavy (non-hydrogen) atoms. The van der Waals surface area contributed by atoms with Crippen LogP contribution in [0.25, 0.3) is 0 Å². The van der Waals surface area contributed by atoms with Crippen LogP contribution in [0, 0.1) is 0 Å². The molecular weight excluding hydrogens is 814 g/mol. The van der Waals surface area contributed by atoms with Gasteiger partial charge < -0.3 is 29.3 Å². The Balaban J connectivity index is 4.64. The fourth-order valence-electron chi connectivity index (χ4n) is 5.26. The molecule has 0 heterocycles. The van der Waals surface area contributed by atoms with Crippen molar-refractivity contribution >= 4 is 33.4 Å². The number of rotatable bonds is 40. The molecule has 0 aromatic carbocycles. The number of hydrogen-bond acceptors (Lipinski definition) is 11. The zero-order chi connectivity index (χ0) is 44.6. The van der Waals surface area contributed by atoms with Crippen LogP contribution < -0.4 is 0 Å². The van der Waals surface area contributed by atoms with Gasteiger partial charge in [0.15, 0.2) is 11.9 Å². The van der Waals surface area contributed by atoms with Crippen molar-refractivity contribution in [2.24, 2.45) is 0 Å². The number of phosphoric acid groups is 2. The first-order chi connectivity index (χ1) is 28.8. The number of aliphatic hydroxyl groups excluding tert-OH is 1. The Kier molecular flexibility index (Phi) is 37.3. The number of ether oxygens (including phenoxy) is 2. The number of hydrogen-bond donors (Lipinski definition) is 4. The first-order valence-corrected chi connectivity index (χ1v) is 24.6. The molecule has 0 radical (unpaired) electrons. The monoisotopic (exact) mass is 888 g/mol. The molecule has 3 atom stereocenters. The number of carbonyl (C=O) groups excluding carboxylic acids is 3. The van der Waals surface area contributed by atoms with E-state index in [4.69, 9.17) is 23.8 Å². The maximum Gasteiger partial charge on any atom is 0.472 e. The molecular formula is C44H74O14P2. The van der Waals surface area contributed by atoms with Crippen LogP contribution in [0.2, 0.25) is 0 Å². The highest BCUT2D eigenvalue weighted by Gasteiger charge is 2.28. The molecule has 16 heteroatoms. The molecule has 0 spiro atoms. The predicted molar refractivity (Wildman–Crippen MR) is 235 cm³/mol. The number of ketones is 1. The molecule has 0 saturated heterocycles. The highest BCUT2D eigenvalue weighted by Crippen LogP contribution is 2.43. The summed E-state index contributed by atoms with van der Waals surface area (Å²) >= 11 is 0. The van der Waals surface area contributed by atoms with Crippen molar-refractivity contribution in [2.75, 3.05) is 26.4 Å². The van der Waals surface area contributed by atoms with Crippen LogP contribution in [0.4, 0.5) is 0 Å². The van der Waals surface area contributed by atoms with Crippen LogP contribution in [0.3, 0.4) is 0 Å². The van der Waals surface area contributed by atoms with Gasteiger partial charge >= 0.3 is 27.6 Å². The Morgan fingerprint density at radius 1 is 0.550 bits per heavy atom. The number of allylic oxidation sites excluding steroid dienone is 12. The van der Waals surface area contributed by atoms with Crippen molar-refractivity contribution in [1.29, 1.82) is 0 Å². The van der Waals surface area contributed by atoms with Gasteiger partial charge in [-0.3, -0.25) is 28.0 Å². The van der Waals surface area contributed by atoms with E-state index >= 15 is 0 Å². The van der Waals surface area contributed by atoms with Gasteiger partial charge in [-0.2, -0.15) is 0 Å². The molecule has 4 N–H and O–H groups in total. The van der Waals surface area contributed by atoms with E-state index in [-0.39, 0.29) is 18.6 Å². The second-order valence-corrected chi connectivity index (χ2v) is 17.0. The number of aliphatic hydroxyl groups is 1. The average Bonchev–Trinajstić information content (AvgIpc) is 3.20. The van der Waals surface area contributed by atoms with E-state index in [0.29, 0.717) is 19.3 Å². The number of carbonyl (C=O) groups is 3. The Labute approximate surface area is 359 Å². The first kappa shape index (κ1) is 57.2. The molecule has 0 bridgehead atoms. The Morgan fingerprint density at radius 2 is 1.07 bits per heavy atom. The highest BCUT2D eigenvalue weighted by molar-refractivity contribution is 7.47. The normalized spacial score (nSPS) is 14.6. The number of unbranched alkanes of at least 4 members (excludes halogenated alkanes) is 11. The van der Waals surface area contributed by atoms with E-state index in [1.54, 1.807) is 12.2 Å². The molecule has 0 rings (SSSR count). The Hall–Kier alpha value is -2.77. The summed E-state index contributed by atoms with van der Waals surface area (Å²) in [6.07, 6.45) is 38.7. The lowest BCUT2D eigenvalue weighted by molar-refractivity contribution is -0.161. The predicted octanol–water partition coefficient (Wildman–Crippen LogP) is 10.2. The maximum atomic E-state index is 12.6. The Bertz CT molecular complexity index is 1400. The second kappa shape index (κ2) is 39.1. The van der Waals surface area contributed by atoms with Gasteiger partial charge in [0, 0.05) is 19.3 Å². The second-order valence-electron chi connectivity index (χ2n) is 14.3. The van der Waals surface area contributed by atoms with Crippen molar-refractivity contribution < 1.29 is 66.3 Å². The SMILES string of the molecule is CC/C=C\C/C=C\C/C=C\C/C=C\CCCCCCC(=O)OC[C@H](COP(=O)(O)OC[C@@H](O)COP(=O)(O)O)OC(=O)CCCCCCC/C=C\C=C\C(=O)CCCCC. The van der Waals surface area contributed by atoms with Gasteiger partial charge in [-0.25, -0.2) is 9.13 Å². The molecule has 0 saturated carbocycles. The number of phosphoric ester groups is 2. The summed E-state index contributed by atoms with van der Waals surface area (Å²) in [7, 11) is -9.72. The molecule has 0 amide bonds. The molecule has 344 valence electrons. The van der Waals surface area contributed by atoms with Crippen LogP contribution in [-0.2, 0) is 46.6 Å². The fourth-order valence-corrected chi connectivity index (χ4v) is 6.42. The summed E-state index contributed by atoms with van der Waals surface area (Å²) < 4.78 is 47.7. The van der Waals surface area contributed by atoms with E-state index < -0.39 is 66.2 Å². The zero-order valence-electron chi connectivity index (χ0n) is 36.0. The van der Waals surface area contributed by atoms with Gasteiger partial charge in [0.05, 0.1) is 19.8 Å². The third-order valence-corrected chi connectivity index (χ3v) is 9.98. The summed E-state index contributed by atoms with van der Waals surface area (Å²) in [6, 6.07) is 0. The zero-order valence-corrected chi connectivity index (χ0v) is 37.8. The molecule has 0 aliphatic heterocycles. The van der Waals surface area contributed by atoms with Crippen LogP contribution in [-0.4, -0.2) is 76.1 Å². The minimum atomic E-state index is -4.88. The summed E-state index contributed by atoms with van der Waals surface area (Å²) in [5.41, 5.74) is 0. The molecule has 0 aromatic rings. The molecule has 0 aliphatic carbocycles. The minimum Gasteiger partial charge on any atom is -0.462 e. The van der Waals surface area contributed by atoms with Gasteiger partial charge in [-0.15, -0.1) is 0 Å². The molecule has 1 unspecified atom stereocenters. The van der Waals surface area contributed by atoms with Crippen molar-refractivity contribution in [3.05, 3.63) is 72.9 Å². The third-order valence-electron chi connectivity index (χ3n) is 8.55. The van der Waals surface area contributed by atoms with Crippen molar-refractivity contribution in [3.8, 4) is 0 Å². The van der Waals surface area contributed by atoms with E-state index in [1.165, 1.54) is 0 Å². The van der Waals surface area contributed by atoms with E-state index in [1.807, 2.05) is 12.2 Å². The quantitative estimate of drug-likeness (QED) is 0.0113. The van der Waals surface area contributed by atoms with Crippen molar-refractivity contribution in [1.82, 2.24) is 0 Å². The lowest BCUT2D eigenvalue weighted by atomic mass is 10.1. The highest BCUT2D eigenvalue weighted by atomic mass is 31.2. The van der Waals surface area contributed by atoms with E-state index in [0.717, 1.165) is 103 Å². The largest absolute Gasteiger partial charge is 0.472 e. The smallest absolute Gasteiger partial charge is 0.462 e. The minimum absolute atomic E-state index is 0.0708. The van der Waals surface area contributed by atoms with E-state index in [2.05, 4.69) is 71.5 Å². The summed E-state index contributed by atoms with van der Waals surface area (Å²) in [5.74, 6) is -0.985. The van der Waals surface area contributed by atoms with Crippen LogP contribution in [0.1, 0.15) is 149 Å². The third kappa shape index (κ3) is 41.9. The fraction of sp³-hybridized carbons (Fsp3) is 0.659. The van der Waals surface area contributed by atoms with Crippen molar-refractivity contribution in [3.63, 3.8) is 0 Å². The van der Waals surface area contributed by atoms with Gasteiger partial charge in [0.2, 0.25) is 0 Å². The van der Waals surface area contributed by atoms with Crippen molar-refractivity contribution in [2.45, 2.75) is 161 Å². The Morgan fingerprint density at radius 3 is 1.68 bits per heavy atom. The molecule has 0 aliphatic rings. The lowest BCUT2D eigenvalue weighted by Gasteiger charge is -2.20. The standard InChI is InChI=1S/C44H74O14P2/c1-3-5-7-8-9-10-11-12-13-14-15-16-17-20-23-26-30-34-43(47)54-38-42(39-57-60(52,53)56-37-41(46)36-55-59(49,50)51)58-44(48)35-31-27-24-21-18-19-22-25-29-33-40(45)32-28-6-4-2/h5,7,9-10,12-13,15-16,22,25,29,33,41-42,46H,3-4,6,8,11,14,17-21,23-24,26-28,30-32,34-39H2,1-2H3,(H,52,53)(H2,49,50,51)/b7-5-,10-9-,13-12-,16-15-,25-22-,33-29+/t41-,42+/m0/s1. The van der Waals surface area contributed by atoms with Crippen LogP contribution in [0.5, 0.6) is 0 Å². The first-order valence-electron chi connectivity index (χ1n) is 21.6. The number of esters is 2. The molecule has 0 aromatic heterocycles. The van der Waals surface area contributed by atoms with Gasteiger partial charge in [0.25, 0.3) is 0 Å². The topological polar surface area (TPSA) is 212 Å². The molecule has 0 fully saturated rings. The van der Waals surface area contributed by atoms with Gasteiger partial charge in [0.1, 0.15) is 12.7 Å². The van der Waals surface area contributed by atoms with Gasteiger partial charge in [-0.05, 0) is 76.7 Å².